The SMILES string of the molecule is CC1=C(N)C(C)C2CC(C)(CN3CCN(c4ccc(-n5ccnc5)cc4)CC3)OC2=C1C. The fourth-order valence-corrected chi connectivity index (χ4v) is 5.64. The summed E-state index contributed by atoms with van der Waals surface area (Å²) in [6.45, 7) is 14.0. The van der Waals surface area contributed by atoms with Gasteiger partial charge in [0.1, 0.15) is 11.4 Å². The van der Waals surface area contributed by atoms with Gasteiger partial charge in [-0.05, 0) is 62.6 Å². The lowest BCUT2D eigenvalue weighted by molar-refractivity contribution is 0.0180. The molecule has 2 aromatic rings. The molecule has 5 rings (SSSR count). The Labute approximate surface area is 191 Å². The molecule has 3 aliphatic rings. The highest BCUT2D eigenvalue weighted by Gasteiger charge is 2.47. The summed E-state index contributed by atoms with van der Waals surface area (Å²) in [6.07, 6.45) is 6.66. The van der Waals surface area contributed by atoms with Crippen LogP contribution in [0.1, 0.15) is 34.1 Å². The van der Waals surface area contributed by atoms with Crippen LogP contribution >= 0.6 is 0 Å². The fourth-order valence-electron chi connectivity index (χ4n) is 5.64. The van der Waals surface area contributed by atoms with Gasteiger partial charge >= 0.3 is 0 Å². The third-order valence-electron chi connectivity index (χ3n) is 7.75. The molecule has 2 fully saturated rings. The van der Waals surface area contributed by atoms with Gasteiger partial charge in [-0.2, -0.15) is 0 Å². The summed E-state index contributed by atoms with van der Waals surface area (Å²) < 4.78 is 8.68. The van der Waals surface area contributed by atoms with Gasteiger partial charge in [0, 0.05) is 74.0 Å². The number of aromatic nitrogens is 2. The zero-order chi connectivity index (χ0) is 22.5. The number of benzene rings is 1. The second-order valence-electron chi connectivity index (χ2n) is 9.97. The number of imidazole rings is 1. The molecule has 170 valence electrons. The monoisotopic (exact) mass is 433 g/mol. The van der Waals surface area contributed by atoms with Crippen LogP contribution in [-0.2, 0) is 4.74 Å². The first kappa shape index (κ1) is 21.1. The summed E-state index contributed by atoms with van der Waals surface area (Å²) in [6, 6.07) is 8.76. The average Bonchev–Trinajstić information content (AvgIpc) is 3.45. The van der Waals surface area contributed by atoms with E-state index >= 15 is 0 Å². The number of piperazine rings is 1. The van der Waals surface area contributed by atoms with Crippen molar-refractivity contribution in [3.63, 3.8) is 0 Å². The predicted molar refractivity (Wildman–Crippen MR) is 129 cm³/mol. The minimum Gasteiger partial charge on any atom is -0.490 e. The standard InChI is InChI=1S/C26H35N5O/c1-18-19(2)25-23(20(3)24(18)27)15-26(4,32-25)16-29-11-13-30(14-12-29)21-5-7-22(8-6-21)31-10-9-28-17-31/h5-10,17,20,23H,11-16,27H2,1-4H3. The Morgan fingerprint density at radius 3 is 2.41 bits per heavy atom. The number of hydrogen-bond donors (Lipinski definition) is 1. The first-order chi connectivity index (χ1) is 15.3. The molecule has 6 heteroatoms. The van der Waals surface area contributed by atoms with Gasteiger partial charge in [-0.3, -0.25) is 4.90 Å². The van der Waals surface area contributed by atoms with Crippen LogP contribution in [0.5, 0.6) is 0 Å². The van der Waals surface area contributed by atoms with Crippen molar-refractivity contribution in [3.8, 4) is 5.69 Å². The highest BCUT2D eigenvalue weighted by molar-refractivity contribution is 5.51. The Bertz CT molecular complexity index is 1030. The third kappa shape index (κ3) is 3.71. The highest BCUT2D eigenvalue weighted by atomic mass is 16.5. The number of rotatable bonds is 4. The first-order valence-electron chi connectivity index (χ1n) is 11.8. The van der Waals surface area contributed by atoms with E-state index in [1.807, 2.05) is 23.3 Å². The summed E-state index contributed by atoms with van der Waals surface area (Å²) in [5.41, 5.74) is 12.2. The molecular weight excluding hydrogens is 398 g/mol. The Morgan fingerprint density at radius 2 is 1.75 bits per heavy atom. The lowest BCUT2D eigenvalue weighted by Crippen LogP contribution is -2.51. The largest absolute Gasteiger partial charge is 0.490 e. The Morgan fingerprint density at radius 1 is 1.06 bits per heavy atom. The quantitative estimate of drug-likeness (QED) is 0.791. The number of anilines is 1. The van der Waals surface area contributed by atoms with E-state index in [1.165, 1.54) is 22.6 Å². The van der Waals surface area contributed by atoms with E-state index in [0.717, 1.165) is 50.5 Å². The van der Waals surface area contributed by atoms with Crippen molar-refractivity contribution in [2.45, 2.75) is 39.7 Å². The second kappa shape index (κ2) is 8.00. The number of nitrogens with zero attached hydrogens (tertiary/aromatic N) is 4. The zero-order valence-corrected chi connectivity index (χ0v) is 19.7. The number of nitrogens with two attached hydrogens (primary N) is 1. The Hall–Kier alpha value is -2.73. The summed E-state index contributed by atoms with van der Waals surface area (Å²) in [4.78, 5) is 9.18. The van der Waals surface area contributed by atoms with E-state index in [4.69, 9.17) is 10.5 Å². The van der Waals surface area contributed by atoms with Gasteiger partial charge in [0.2, 0.25) is 0 Å². The first-order valence-corrected chi connectivity index (χ1v) is 11.8. The molecule has 3 unspecified atom stereocenters. The van der Waals surface area contributed by atoms with Crippen molar-refractivity contribution in [1.82, 2.24) is 14.5 Å². The number of fused-ring (bicyclic) bond motifs is 1. The molecule has 2 aliphatic heterocycles. The lowest BCUT2D eigenvalue weighted by Gasteiger charge is -2.39. The molecule has 1 aromatic heterocycles. The topological polar surface area (TPSA) is 59.5 Å². The molecule has 3 heterocycles. The molecule has 3 atom stereocenters. The summed E-state index contributed by atoms with van der Waals surface area (Å²) >= 11 is 0. The van der Waals surface area contributed by atoms with Gasteiger partial charge in [0.15, 0.2) is 0 Å². The lowest BCUT2D eigenvalue weighted by atomic mass is 9.77. The van der Waals surface area contributed by atoms with Crippen LogP contribution in [0.25, 0.3) is 5.69 Å². The molecule has 1 aromatic carbocycles. The van der Waals surface area contributed by atoms with Gasteiger partial charge in [-0.25, -0.2) is 4.98 Å². The van der Waals surface area contributed by atoms with E-state index in [1.54, 1.807) is 0 Å². The van der Waals surface area contributed by atoms with Crippen LogP contribution in [0.4, 0.5) is 5.69 Å². The molecule has 32 heavy (non-hydrogen) atoms. The molecule has 2 N–H and O–H groups in total. The van der Waals surface area contributed by atoms with Crippen molar-refractivity contribution in [2.24, 2.45) is 17.6 Å². The molecule has 0 bridgehead atoms. The maximum absolute atomic E-state index is 6.64. The van der Waals surface area contributed by atoms with E-state index in [0.29, 0.717) is 11.8 Å². The van der Waals surface area contributed by atoms with E-state index in [-0.39, 0.29) is 5.60 Å². The molecular formula is C26H35N5O. The summed E-state index contributed by atoms with van der Waals surface area (Å²) in [5, 5.41) is 0. The van der Waals surface area contributed by atoms with Crippen LogP contribution in [-0.4, -0.2) is 52.8 Å². The Kier molecular flexibility index (Phi) is 5.28. The van der Waals surface area contributed by atoms with E-state index < -0.39 is 0 Å². The van der Waals surface area contributed by atoms with Crippen molar-refractivity contribution in [3.05, 3.63) is 65.6 Å². The predicted octanol–water partition coefficient (Wildman–Crippen LogP) is 3.95. The zero-order valence-electron chi connectivity index (χ0n) is 19.7. The van der Waals surface area contributed by atoms with Gasteiger partial charge < -0.3 is 19.9 Å². The van der Waals surface area contributed by atoms with Crippen LogP contribution in [0, 0.1) is 11.8 Å². The highest BCUT2D eigenvalue weighted by Crippen LogP contribution is 2.49. The molecule has 6 nitrogen and oxygen atoms in total. The number of hydrogen-bond acceptors (Lipinski definition) is 5. The van der Waals surface area contributed by atoms with Crippen molar-refractivity contribution in [1.29, 1.82) is 0 Å². The molecule has 0 saturated carbocycles. The van der Waals surface area contributed by atoms with Crippen molar-refractivity contribution >= 4 is 5.69 Å². The number of ether oxygens (including phenoxy) is 1. The summed E-state index contributed by atoms with van der Waals surface area (Å²) in [5.74, 6) is 1.96. The van der Waals surface area contributed by atoms with Gasteiger partial charge in [-0.1, -0.05) is 6.92 Å². The minimum absolute atomic E-state index is 0.144. The van der Waals surface area contributed by atoms with Gasteiger partial charge in [0.05, 0.1) is 6.33 Å². The fraction of sp³-hybridized carbons (Fsp3) is 0.500. The van der Waals surface area contributed by atoms with E-state index in [2.05, 4.69) is 66.7 Å². The maximum Gasteiger partial charge on any atom is 0.119 e. The molecule has 2 saturated heterocycles. The molecule has 0 radical (unpaired) electrons. The smallest absolute Gasteiger partial charge is 0.119 e. The van der Waals surface area contributed by atoms with Crippen molar-refractivity contribution < 1.29 is 4.74 Å². The second-order valence-corrected chi connectivity index (χ2v) is 9.97. The number of allylic oxidation sites excluding steroid dienone is 4. The summed E-state index contributed by atoms with van der Waals surface area (Å²) in [7, 11) is 0. The van der Waals surface area contributed by atoms with Gasteiger partial charge in [0.25, 0.3) is 0 Å². The maximum atomic E-state index is 6.64. The van der Waals surface area contributed by atoms with Gasteiger partial charge in [-0.15, -0.1) is 0 Å². The van der Waals surface area contributed by atoms with Crippen LogP contribution in [0.2, 0.25) is 0 Å². The van der Waals surface area contributed by atoms with Crippen LogP contribution in [0.3, 0.4) is 0 Å². The molecule has 1 aliphatic carbocycles. The average molecular weight is 434 g/mol. The molecule has 0 amide bonds. The molecule has 0 spiro atoms. The van der Waals surface area contributed by atoms with Crippen molar-refractivity contribution in [2.75, 3.05) is 37.6 Å². The van der Waals surface area contributed by atoms with Crippen LogP contribution < -0.4 is 10.6 Å². The van der Waals surface area contributed by atoms with E-state index in [9.17, 15) is 0 Å². The normalized spacial score (nSPS) is 28.8. The minimum atomic E-state index is -0.144. The third-order valence-corrected chi connectivity index (χ3v) is 7.75. The van der Waals surface area contributed by atoms with Crippen LogP contribution in [0.15, 0.2) is 65.6 Å². The Balaban J connectivity index is 1.20.